The molecular weight excluding hydrogens is 276 g/mol. The lowest BCUT2D eigenvalue weighted by Gasteiger charge is -2.33. The molecule has 2 atom stereocenters. The number of rotatable bonds is 2. The number of nitrogens with zero attached hydrogens (tertiary/aromatic N) is 1. The summed E-state index contributed by atoms with van der Waals surface area (Å²) in [7, 11) is 0. The van der Waals surface area contributed by atoms with Gasteiger partial charge in [-0.15, -0.1) is 6.58 Å². The molecule has 22 heavy (non-hydrogen) atoms. The summed E-state index contributed by atoms with van der Waals surface area (Å²) in [5.41, 5.74) is 1.83. The summed E-state index contributed by atoms with van der Waals surface area (Å²) in [6.07, 6.45) is 3.42. The van der Waals surface area contributed by atoms with Crippen LogP contribution >= 0.6 is 0 Å². The third-order valence-corrected chi connectivity index (χ3v) is 4.53. The molecule has 1 amide bonds. The topological polar surface area (TPSA) is 41.6 Å². The molecule has 4 nitrogen and oxygen atoms in total. The van der Waals surface area contributed by atoms with Gasteiger partial charge in [-0.05, 0) is 45.2 Å². The number of amides is 1. The van der Waals surface area contributed by atoms with Crippen LogP contribution in [-0.2, 0) is 10.2 Å². The van der Waals surface area contributed by atoms with Gasteiger partial charge in [0.2, 0.25) is 0 Å². The summed E-state index contributed by atoms with van der Waals surface area (Å²) in [5.74, 6) is 0. The number of fused-ring (bicyclic) bond motifs is 3. The van der Waals surface area contributed by atoms with E-state index in [1.54, 1.807) is 0 Å². The van der Waals surface area contributed by atoms with Crippen molar-refractivity contribution in [3.8, 4) is 0 Å². The van der Waals surface area contributed by atoms with E-state index >= 15 is 0 Å². The SMILES string of the molecule is C=CC[C@]12CCN(C(=O)OC(C)(C)C)[C@H]1Nc1ccccc12. The smallest absolute Gasteiger partial charge is 0.411 e. The van der Waals surface area contributed by atoms with Gasteiger partial charge in [0.1, 0.15) is 11.8 Å². The van der Waals surface area contributed by atoms with Crippen LogP contribution in [0.5, 0.6) is 0 Å². The van der Waals surface area contributed by atoms with Gasteiger partial charge < -0.3 is 10.1 Å². The molecule has 4 heteroatoms. The Morgan fingerprint density at radius 3 is 2.91 bits per heavy atom. The largest absolute Gasteiger partial charge is 0.444 e. The van der Waals surface area contributed by atoms with Gasteiger partial charge in [0.15, 0.2) is 0 Å². The average molecular weight is 300 g/mol. The molecule has 0 radical (unpaired) electrons. The number of carbonyl (C=O) groups is 1. The molecule has 118 valence electrons. The van der Waals surface area contributed by atoms with E-state index in [4.69, 9.17) is 4.74 Å². The number of para-hydroxylation sites is 1. The Balaban J connectivity index is 1.92. The number of benzene rings is 1. The Hall–Kier alpha value is -1.97. The normalized spacial score (nSPS) is 26.1. The highest BCUT2D eigenvalue weighted by Crippen LogP contribution is 2.51. The lowest BCUT2D eigenvalue weighted by Crippen LogP contribution is -2.47. The molecule has 0 spiro atoms. The second kappa shape index (κ2) is 5.04. The summed E-state index contributed by atoms with van der Waals surface area (Å²) in [4.78, 5) is 14.4. The van der Waals surface area contributed by atoms with Crippen molar-refractivity contribution in [1.29, 1.82) is 0 Å². The molecule has 1 saturated heterocycles. The fourth-order valence-corrected chi connectivity index (χ4v) is 3.67. The third kappa shape index (κ3) is 2.27. The van der Waals surface area contributed by atoms with Crippen molar-refractivity contribution in [3.63, 3.8) is 0 Å². The number of carbonyl (C=O) groups excluding carboxylic acids is 1. The minimum atomic E-state index is -0.480. The van der Waals surface area contributed by atoms with Gasteiger partial charge in [-0.25, -0.2) is 4.79 Å². The predicted octanol–water partition coefficient (Wildman–Crippen LogP) is 3.89. The highest BCUT2D eigenvalue weighted by molar-refractivity contribution is 5.73. The lowest BCUT2D eigenvalue weighted by molar-refractivity contribution is 0.0226. The minimum absolute atomic E-state index is 0.0576. The zero-order chi connectivity index (χ0) is 16.0. The molecule has 1 aromatic carbocycles. The van der Waals surface area contributed by atoms with Crippen molar-refractivity contribution >= 4 is 11.8 Å². The average Bonchev–Trinajstić information content (AvgIpc) is 2.91. The van der Waals surface area contributed by atoms with E-state index in [1.165, 1.54) is 5.56 Å². The first-order valence-electron chi connectivity index (χ1n) is 7.84. The first-order chi connectivity index (χ1) is 10.4. The monoisotopic (exact) mass is 300 g/mol. The van der Waals surface area contributed by atoms with E-state index in [-0.39, 0.29) is 17.7 Å². The van der Waals surface area contributed by atoms with Crippen LogP contribution in [0.1, 0.15) is 39.2 Å². The quantitative estimate of drug-likeness (QED) is 0.842. The van der Waals surface area contributed by atoms with Crippen molar-refractivity contribution in [2.75, 3.05) is 11.9 Å². The lowest BCUT2D eigenvalue weighted by atomic mass is 9.76. The van der Waals surface area contributed by atoms with Crippen LogP contribution in [0.4, 0.5) is 10.5 Å². The number of nitrogens with one attached hydrogen (secondary N) is 1. The third-order valence-electron chi connectivity index (χ3n) is 4.53. The van der Waals surface area contributed by atoms with E-state index < -0.39 is 5.60 Å². The summed E-state index contributed by atoms with van der Waals surface area (Å²) in [5, 5.41) is 3.52. The zero-order valence-electron chi connectivity index (χ0n) is 13.6. The van der Waals surface area contributed by atoms with Crippen molar-refractivity contribution in [3.05, 3.63) is 42.5 Å². The van der Waals surface area contributed by atoms with E-state index in [9.17, 15) is 4.79 Å². The first kappa shape index (κ1) is 14.9. The van der Waals surface area contributed by atoms with Crippen LogP contribution in [-0.4, -0.2) is 29.3 Å². The Kier molecular flexibility index (Phi) is 3.42. The van der Waals surface area contributed by atoms with Gasteiger partial charge >= 0.3 is 6.09 Å². The molecule has 0 unspecified atom stereocenters. The van der Waals surface area contributed by atoms with Gasteiger partial charge in [-0.3, -0.25) is 4.90 Å². The number of allylic oxidation sites excluding steroid dienone is 1. The second-order valence-corrected chi connectivity index (χ2v) is 7.17. The summed E-state index contributed by atoms with van der Waals surface area (Å²) < 4.78 is 5.57. The Bertz CT molecular complexity index is 605. The van der Waals surface area contributed by atoms with E-state index in [0.29, 0.717) is 6.54 Å². The maximum absolute atomic E-state index is 12.5. The number of hydrogen-bond donors (Lipinski definition) is 1. The maximum atomic E-state index is 12.5. The summed E-state index contributed by atoms with van der Waals surface area (Å²) >= 11 is 0. The summed E-state index contributed by atoms with van der Waals surface area (Å²) in [6.45, 7) is 10.3. The zero-order valence-corrected chi connectivity index (χ0v) is 13.6. The van der Waals surface area contributed by atoms with Crippen LogP contribution in [0.2, 0.25) is 0 Å². The highest BCUT2D eigenvalue weighted by atomic mass is 16.6. The molecule has 0 bridgehead atoms. The van der Waals surface area contributed by atoms with Crippen LogP contribution in [0.15, 0.2) is 36.9 Å². The predicted molar refractivity (Wildman–Crippen MR) is 87.9 cm³/mol. The first-order valence-corrected chi connectivity index (χ1v) is 7.84. The maximum Gasteiger partial charge on any atom is 0.411 e. The number of ether oxygens (including phenoxy) is 1. The van der Waals surface area contributed by atoms with Crippen LogP contribution < -0.4 is 5.32 Å². The van der Waals surface area contributed by atoms with Crippen molar-refractivity contribution in [1.82, 2.24) is 4.90 Å². The van der Waals surface area contributed by atoms with Crippen LogP contribution in [0, 0.1) is 0 Å². The van der Waals surface area contributed by atoms with Gasteiger partial charge in [-0.1, -0.05) is 24.3 Å². The molecule has 1 fully saturated rings. The minimum Gasteiger partial charge on any atom is -0.444 e. The van der Waals surface area contributed by atoms with E-state index in [2.05, 4.69) is 30.1 Å². The van der Waals surface area contributed by atoms with Gasteiger partial charge in [-0.2, -0.15) is 0 Å². The Morgan fingerprint density at radius 2 is 2.23 bits per heavy atom. The van der Waals surface area contributed by atoms with Gasteiger partial charge in [0.25, 0.3) is 0 Å². The molecule has 0 saturated carbocycles. The standard InChI is InChI=1S/C18H24N2O2/c1-5-10-18-11-12-20(16(21)22-17(2,3)4)15(18)19-14-9-7-6-8-13(14)18/h5-9,15,19H,1,10-12H2,2-4H3/t15-,18-/m1/s1. The molecule has 1 aromatic rings. The summed E-state index contributed by atoms with van der Waals surface area (Å²) in [6, 6.07) is 8.31. The Labute approximate surface area is 132 Å². The number of hydrogen-bond acceptors (Lipinski definition) is 3. The van der Waals surface area contributed by atoms with E-state index in [0.717, 1.165) is 18.5 Å². The van der Waals surface area contributed by atoms with Crippen molar-refractivity contribution in [2.45, 2.75) is 50.8 Å². The Morgan fingerprint density at radius 1 is 1.50 bits per heavy atom. The molecule has 0 aromatic heterocycles. The molecule has 0 aliphatic carbocycles. The molecule has 1 N–H and O–H groups in total. The molecule has 2 aliphatic rings. The van der Waals surface area contributed by atoms with Crippen molar-refractivity contribution < 1.29 is 9.53 Å². The molecule has 2 aliphatic heterocycles. The van der Waals surface area contributed by atoms with E-state index in [1.807, 2.05) is 37.8 Å². The fraction of sp³-hybridized carbons (Fsp3) is 0.500. The molecule has 3 rings (SSSR count). The second-order valence-electron chi connectivity index (χ2n) is 7.17. The van der Waals surface area contributed by atoms with Crippen LogP contribution in [0.25, 0.3) is 0 Å². The molecule has 2 heterocycles. The molecular formula is C18H24N2O2. The fourth-order valence-electron chi connectivity index (χ4n) is 3.67. The van der Waals surface area contributed by atoms with Gasteiger partial charge in [0, 0.05) is 17.6 Å². The van der Waals surface area contributed by atoms with Crippen molar-refractivity contribution in [2.24, 2.45) is 0 Å². The highest BCUT2D eigenvalue weighted by Gasteiger charge is 2.54. The van der Waals surface area contributed by atoms with Crippen LogP contribution in [0.3, 0.4) is 0 Å². The van der Waals surface area contributed by atoms with Gasteiger partial charge in [0.05, 0.1) is 0 Å². The number of anilines is 1. The number of likely N-dealkylation sites (tertiary alicyclic amines) is 1.